The summed E-state index contributed by atoms with van der Waals surface area (Å²) < 4.78 is 5.43. The highest BCUT2D eigenvalue weighted by Crippen LogP contribution is 2.11. The molecule has 1 rings (SSSR count). The van der Waals surface area contributed by atoms with Gasteiger partial charge in [0, 0.05) is 18.5 Å². The fraction of sp³-hybridized carbons (Fsp3) is 0.522. The van der Waals surface area contributed by atoms with Gasteiger partial charge in [-0.3, -0.25) is 4.79 Å². The van der Waals surface area contributed by atoms with Crippen LogP contribution in [0.3, 0.4) is 0 Å². The Balaban J connectivity index is 2.26. The van der Waals surface area contributed by atoms with Crippen LogP contribution >= 0.6 is 0 Å². The Hall–Kier alpha value is -2.07. The van der Waals surface area contributed by atoms with Crippen LogP contribution in [0.2, 0.25) is 0 Å². The second-order valence-electron chi connectivity index (χ2n) is 7.39. The number of aryl methyl sites for hydroxylation is 1. The van der Waals surface area contributed by atoms with Crippen LogP contribution in [0.1, 0.15) is 58.3 Å². The Labute approximate surface area is 164 Å². The highest BCUT2D eigenvalue weighted by atomic mass is 16.3. The molecule has 0 aliphatic rings. The van der Waals surface area contributed by atoms with Crippen LogP contribution in [-0.2, 0) is 17.6 Å². The molecule has 0 bridgehead atoms. The molecule has 0 radical (unpaired) electrons. The number of furan rings is 1. The van der Waals surface area contributed by atoms with E-state index in [4.69, 9.17) is 10.2 Å². The lowest BCUT2D eigenvalue weighted by atomic mass is 10.0. The number of carbonyl (C=O) groups is 1. The van der Waals surface area contributed by atoms with Gasteiger partial charge in [-0.05, 0) is 70.5 Å². The summed E-state index contributed by atoms with van der Waals surface area (Å²) >= 11 is 0. The number of carbonyl (C=O) groups excluding carboxylic acids is 1. The lowest BCUT2D eigenvalue weighted by Gasteiger charge is -2.05. The van der Waals surface area contributed by atoms with Gasteiger partial charge in [0.1, 0.15) is 5.76 Å². The van der Waals surface area contributed by atoms with Crippen molar-refractivity contribution < 1.29 is 9.21 Å². The Morgan fingerprint density at radius 1 is 1.30 bits per heavy atom. The first-order chi connectivity index (χ1) is 12.9. The zero-order valence-electron chi connectivity index (χ0n) is 17.4. The molecule has 0 saturated heterocycles. The van der Waals surface area contributed by atoms with E-state index in [0.717, 1.165) is 49.0 Å². The molecule has 1 atom stereocenters. The van der Waals surface area contributed by atoms with Gasteiger partial charge >= 0.3 is 0 Å². The maximum Gasteiger partial charge on any atom is 0.246 e. The highest BCUT2D eigenvalue weighted by Gasteiger charge is 2.04. The summed E-state index contributed by atoms with van der Waals surface area (Å²) in [5.74, 6) is 1.43. The van der Waals surface area contributed by atoms with E-state index in [-0.39, 0.29) is 5.91 Å². The fourth-order valence-corrected chi connectivity index (χ4v) is 2.66. The van der Waals surface area contributed by atoms with Gasteiger partial charge < -0.3 is 15.5 Å². The van der Waals surface area contributed by atoms with Crippen LogP contribution in [0, 0.1) is 5.92 Å². The maximum atomic E-state index is 12.1. The van der Waals surface area contributed by atoms with Crippen molar-refractivity contribution in [3.8, 4) is 0 Å². The lowest BCUT2D eigenvalue weighted by Crippen LogP contribution is -2.25. The third-order valence-electron chi connectivity index (χ3n) is 4.35. The summed E-state index contributed by atoms with van der Waals surface area (Å²) in [7, 11) is 0. The average Bonchev–Trinajstić information content (AvgIpc) is 3.06. The topological polar surface area (TPSA) is 68.3 Å². The summed E-state index contributed by atoms with van der Waals surface area (Å²) in [5.41, 5.74) is 8.77. The van der Waals surface area contributed by atoms with E-state index in [1.54, 1.807) is 6.26 Å². The van der Waals surface area contributed by atoms with Gasteiger partial charge in [0.05, 0.1) is 6.26 Å². The summed E-state index contributed by atoms with van der Waals surface area (Å²) in [4.78, 5) is 12.1. The Morgan fingerprint density at radius 3 is 2.78 bits per heavy atom. The molecule has 4 nitrogen and oxygen atoms in total. The van der Waals surface area contributed by atoms with Crippen molar-refractivity contribution in [2.45, 2.75) is 59.8 Å². The number of amides is 1. The van der Waals surface area contributed by atoms with E-state index in [1.165, 1.54) is 5.57 Å². The summed E-state index contributed by atoms with van der Waals surface area (Å²) in [5, 5.41) is 2.97. The molecule has 1 aromatic heterocycles. The second-order valence-corrected chi connectivity index (χ2v) is 7.39. The van der Waals surface area contributed by atoms with Gasteiger partial charge in [-0.25, -0.2) is 0 Å². The predicted molar refractivity (Wildman–Crippen MR) is 114 cm³/mol. The number of rotatable bonds is 12. The Kier molecular flexibility index (Phi) is 11.2. The van der Waals surface area contributed by atoms with Gasteiger partial charge in [-0.1, -0.05) is 36.8 Å². The molecule has 1 amide bonds. The smallest absolute Gasteiger partial charge is 0.246 e. The van der Waals surface area contributed by atoms with Gasteiger partial charge in [0.15, 0.2) is 0 Å². The van der Waals surface area contributed by atoms with Gasteiger partial charge in [-0.2, -0.15) is 0 Å². The molecule has 0 aliphatic heterocycles. The van der Waals surface area contributed by atoms with Crippen molar-refractivity contribution >= 4 is 5.91 Å². The monoisotopic (exact) mass is 372 g/mol. The van der Waals surface area contributed by atoms with Crippen molar-refractivity contribution in [2.75, 3.05) is 13.1 Å². The summed E-state index contributed by atoms with van der Waals surface area (Å²) in [6, 6.07) is 2.05. The predicted octanol–water partition coefficient (Wildman–Crippen LogP) is 4.71. The van der Waals surface area contributed by atoms with Gasteiger partial charge in [-0.15, -0.1) is 0 Å². The van der Waals surface area contributed by atoms with Crippen LogP contribution in [0.5, 0.6) is 0 Å². The Bertz CT molecular complexity index is 649. The maximum absolute atomic E-state index is 12.1. The molecule has 1 aromatic rings. The van der Waals surface area contributed by atoms with E-state index in [9.17, 15) is 4.79 Å². The van der Waals surface area contributed by atoms with E-state index in [1.807, 2.05) is 25.1 Å². The lowest BCUT2D eigenvalue weighted by molar-refractivity contribution is -0.117. The third kappa shape index (κ3) is 10.6. The molecule has 0 aromatic carbocycles. The number of allylic oxidation sites excluding steroid dienone is 5. The molecular weight excluding hydrogens is 336 g/mol. The van der Waals surface area contributed by atoms with Crippen LogP contribution in [0.25, 0.3) is 0 Å². The van der Waals surface area contributed by atoms with Crippen molar-refractivity contribution in [3.63, 3.8) is 0 Å². The molecule has 1 unspecified atom stereocenters. The minimum absolute atomic E-state index is 0.00661. The van der Waals surface area contributed by atoms with E-state index in [2.05, 4.69) is 38.2 Å². The van der Waals surface area contributed by atoms with Crippen molar-refractivity contribution in [2.24, 2.45) is 11.7 Å². The van der Waals surface area contributed by atoms with Gasteiger partial charge in [0.2, 0.25) is 5.91 Å². The quantitative estimate of drug-likeness (QED) is 0.241. The first-order valence-corrected chi connectivity index (χ1v) is 9.95. The fourth-order valence-electron chi connectivity index (χ4n) is 2.66. The summed E-state index contributed by atoms with van der Waals surface area (Å²) in [6.45, 7) is 9.55. The average molecular weight is 373 g/mol. The SMILES string of the molecule is CC(C)=CCCC(C)/C=C/C=C(\C)C(=O)NCCCc1coc(CCN)c1. The van der Waals surface area contributed by atoms with Crippen molar-refractivity contribution in [3.05, 3.63) is 59.1 Å². The van der Waals surface area contributed by atoms with Crippen LogP contribution in [-0.4, -0.2) is 19.0 Å². The molecule has 4 heteroatoms. The first kappa shape index (κ1) is 23.0. The molecule has 0 spiro atoms. The molecular formula is C23H36N2O2. The molecule has 27 heavy (non-hydrogen) atoms. The van der Waals surface area contributed by atoms with Gasteiger partial charge in [0.25, 0.3) is 0 Å². The van der Waals surface area contributed by atoms with E-state index >= 15 is 0 Å². The number of nitrogens with two attached hydrogens (primary N) is 1. The van der Waals surface area contributed by atoms with E-state index in [0.29, 0.717) is 19.0 Å². The van der Waals surface area contributed by atoms with Crippen LogP contribution in [0.15, 0.2) is 52.2 Å². The standard InChI is InChI=1S/C23H36N2O2/c1-18(2)8-5-9-19(3)10-6-11-20(4)23(26)25-15-7-12-21-16-22(13-14-24)27-17-21/h6,8,10-11,16-17,19H,5,7,9,12-15,24H2,1-4H3,(H,25,26)/b10-6+,20-11+. The minimum atomic E-state index is -0.00661. The third-order valence-corrected chi connectivity index (χ3v) is 4.35. The van der Waals surface area contributed by atoms with Crippen LogP contribution < -0.4 is 11.1 Å². The minimum Gasteiger partial charge on any atom is -0.469 e. The van der Waals surface area contributed by atoms with E-state index < -0.39 is 0 Å². The number of hydrogen-bond donors (Lipinski definition) is 2. The second kappa shape index (κ2) is 13.2. The highest BCUT2D eigenvalue weighted by molar-refractivity contribution is 5.93. The zero-order chi connectivity index (χ0) is 20.1. The Morgan fingerprint density at radius 2 is 2.07 bits per heavy atom. The largest absolute Gasteiger partial charge is 0.469 e. The molecule has 0 fully saturated rings. The summed E-state index contributed by atoms with van der Waals surface area (Å²) in [6.07, 6.45) is 14.9. The van der Waals surface area contributed by atoms with Crippen LogP contribution in [0.4, 0.5) is 0 Å². The van der Waals surface area contributed by atoms with Crippen molar-refractivity contribution in [1.82, 2.24) is 5.32 Å². The molecule has 0 aliphatic carbocycles. The first-order valence-electron chi connectivity index (χ1n) is 9.95. The molecule has 1 heterocycles. The zero-order valence-corrected chi connectivity index (χ0v) is 17.4. The normalized spacial score (nSPS) is 13.0. The number of nitrogens with one attached hydrogen (secondary N) is 1. The molecule has 0 saturated carbocycles. The number of hydrogen-bond acceptors (Lipinski definition) is 3. The molecule has 3 N–H and O–H groups in total. The molecule has 150 valence electrons. The van der Waals surface area contributed by atoms with Crippen molar-refractivity contribution in [1.29, 1.82) is 0 Å².